The summed E-state index contributed by atoms with van der Waals surface area (Å²) in [6.07, 6.45) is 0. The molecule has 0 heterocycles. The number of benzene rings is 3. The minimum Gasteiger partial charge on any atom is -0.493 e. The standard InChI is InChI=1S/C22H20BrNO6/c1-27-18-10-15(22(26)29-3)16(11-19(18)28-2)24-20(25)12-30-17-9-8-13-6-4-5-7-14(13)21(17)23/h4-11H,12H2,1-3H3,(H,24,25). The first kappa shape index (κ1) is 21.4. The monoisotopic (exact) mass is 473 g/mol. The smallest absolute Gasteiger partial charge is 0.340 e. The van der Waals surface area contributed by atoms with Gasteiger partial charge in [-0.3, -0.25) is 4.79 Å². The lowest BCUT2D eigenvalue weighted by Crippen LogP contribution is -2.22. The third-order valence-electron chi connectivity index (χ3n) is 4.39. The Morgan fingerprint density at radius 3 is 2.33 bits per heavy atom. The number of nitrogens with one attached hydrogen (secondary N) is 1. The number of rotatable bonds is 7. The SMILES string of the molecule is COC(=O)c1cc(OC)c(OC)cc1NC(=O)COc1ccc2ccccc2c1Br. The van der Waals surface area contributed by atoms with Crippen LogP contribution in [-0.4, -0.2) is 39.8 Å². The number of carbonyl (C=O) groups excluding carboxylic acids is 2. The third-order valence-corrected chi connectivity index (χ3v) is 5.21. The number of fused-ring (bicyclic) bond motifs is 1. The summed E-state index contributed by atoms with van der Waals surface area (Å²) < 4.78 is 21.7. The summed E-state index contributed by atoms with van der Waals surface area (Å²) in [5, 5.41) is 4.69. The average molecular weight is 474 g/mol. The minimum atomic E-state index is -0.621. The predicted octanol–water partition coefficient (Wildman–Crippen LogP) is 4.42. The van der Waals surface area contributed by atoms with Gasteiger partial charge in [-0.05, 0) is 32.8 Å². The molecule has 0 aliphatic heterocycles. The molecular weight excluding hydrogens is 454 g/mol. The molecule has 156 valence electrons. The van der Waals surface area contributed by atoms with E-state index in [0.29, 0.717) is 17.2 Å². The van der Waals surface area contributed by atoms with Crippen molar-refractivity contribution in [1.82, 2.24) is 0 Å². The van der Waals surface area contributed by atoms with Gasteiger partial charge in [0.05, 0.1) is 37.1 Å². The number of hydrogen-bond acceptors (Lipinski definition) is 6. The fraction of sp³-hybridized carbons (Fsp3) is 0.182. The first-order valence-corrected chi connectivity index (χ1v) is 9.72. The van der Waals surface area contributed by atoms with E-state index in [4.69, 9.17) is 18.9 Å². The van der Waals surface area contributed by atoms with E-state index in [1.165, 1.54) is 33.5 Å². The molecule has 0 fully saturated rings. The molecule has 30 heavy (non-hydrogen) atoms. The minimum absolute atomic E-state index is 0.135. The number of anilines is 1. The lowest BCUT2D eigenvalue weighted by molar-refractivity contribution is -0.118. The quantitative estimate of drug-likeness (QED) is 0.511. The second-order valence-electron chi connectivity index (χ2n) is 6.18. The van der Waals surface area contributed by atoms with Crippen molar-refractivity contribution in [3.63, 3.8) is 0 Å². The third kappa shape index (κ3) is 4.49. The van der Waals surface area contributed by atoms with Crippen LogP contribution in [0, 0.1) is 0 Å². The largest absolute Gasteiger partial charge is 0.493 e. The highest BCUT2D eigenvalue weighted by atomic mass is 79.9. The normalized spacial score (nSPS) is 10.4. The summed E-state index contributed by atoms with van der Waals surface area (Å²) in [6, 6.07) is 14.5. The van der Waals surface area contributed by atoms with E-state index >= 15 is 0 Å². The van der Waals surface area contributed by atoms with Gasteiger partial charge in [-0.1, -0.05) is 30.3 Å². The van der Waals surface area contributed by atoms with Crippen molar-refractivity contribution in [3.8, 4) is 17.2 Å². The maximum Gasteiger partial charge on any atom is 0.340 e. The molecule has 0 unspecified atom stereocenters. The fourth-order valence-corrected chi connectivity index (χ4v) is 3.52. The lowest BCUT2D eigenvalue weighted by atomic mass is 10.1. The highest BCUT2D eigenvalue weighted by Gasteiger charge is 2.19. The second kappa shape index (κ2) is 9.49. The van der Waals surface area contributed by atoms with Crippen LogP contribution in [0.25, 0.3) is 10.8 Å². The molecular formula is C22H20BrNO6. The molecule has 0 radical (unpaired) electrons. The lowest BCUT2D eigenvalue weighted by Gasteiger charge is -2.15. The van der Waals surface area contributed by atoms with E-state index in [2.05, 4.69) is 21.2 Å². The molecule has 3 aromatic rings. The molecule has 0 spiro atoms. The van der Waals surface area contributed by atoms with Gasteiger partial charge < -0.3 is 24.3 Å². The summed E-state index contributed by atoms with van der Waals surface area (Å²) in [5.41, 5.74) is 0.362. The van der Waals surface area contributed by atoms with Crippen LogP contribution in [0.5, 0.6) is 17.2 Å². The summed E-state index contributed by atoms with van der Waals surface area (Å²) >= 11 is 3.53. The zero-order valence-electron chi connectivity index (χ0n) is 16.7. The van der Waals surface area contributed by atoms with E-state index in [0.717, 1.165) is 15.2 Å². The highest BCUT2D eigenvalue weighted by Crippen LogP contribution is 2.35. The molecule has 7 nitrogen and oxygen atoms in total. The molecule has 0 aliphatic carbocycles. The van der Waals surface area contributed by atoms with Crippen LogP contribution in [0.3, 0.4) is 0 Å². The first-order chi connectivity index (χ1) is 14.5. The van der Waals surface area contributed by atoms with E-state index in [9.17, 15) is 9.59 Å². The Labute approximate surface area is 182 Å². The highest BCUT2D eigenvalue weighted by molar-refractivity contribution is 9.10. The Balaban J connectivity index is 1.79. The molecule has 0 saturated carbocycles. The van der Waals surface area contributed by atoms with Gasteiger partial charge in [0.15, 0.2) is 18.1 Å². The molecule has 0 atom stereocenters. The van der Waals surface area contributed by atoms with E-state index in [-0.39, 0.29) is 17.9 Å². The molecule has 8 heteroatoms. The Kier molecular flexibility index (Phi) is 6.79. The first-order valence-electron chi connectivity index (χ1n) is 8.92. The number of halogens is 1. The van der Waals surface area contributed by atoms with Crippen molar-refractivity contribution in [1.29, 1.82) is 0 Å². The van der Waals surface area contributed by atoms with Crippen molar-refractivity contribution in [2.75, 3.05) is 33.3 Å². The van der Waals surface area contributed by atoms with Crippen LogP contribution in [0.15, 0.2) is 53.0 Å². The van der Waals surface area contributed by atoms with Crippen LogP contribution in [0.4, 0.5) is 5.69 Å². The Morgan fingerprint density at radius 1 is 0.933 bits per heavy atom. The Bertz CT molecular complexity index is 1100. The van der Waals surface area contributed by atoms with Gasteiger partial charge in [0.2, 0.25) is 0 Å². The molecule has 0 bridgehead atoms. The molecule has 3 rings (SSSR count). The summed E-state index contributed by atoms with van der Waals surface area (Å²) in [6.45, 7) is -0.258. The van der Waals surface area contributed by atoms with Gasteiger partial charge in [0.25, 0.3) is 5.91 Å². The van der Waals surface area contributed by atoms with E-state index in [1.54, 1.807) is 6.07 Å². The zero-order valence-corrected chi connectivity index (χ0v) is 18.2. The van der Waals surface area contributed by atoms with Crippen LogP contribution in [0.1, 0.15) is 10.4 Å². The maximum absolute atomic E-state index is 12.5. The average Bonchev–Trinajstić information content (AvgIpc) is 2.77. The van der Waals surface area contributed by atoms with Crippen LogP contribution in [-0.2, 0) is 9.53 Å². The van der Waals surface area contributed by atoms with Crippen molar-refractivity contribution in [3.05, 3.63) is 58.6 Å². The van der Waals surface area contributed by atoms with Gasteiger partial charge >= 0.3 is 5.97 Å². The van der Waals surface area contributed by atoms with Crippen LogP contribution in [0.2, 0.25) is 0 Å². The van der Waals surface area contributed by atoms with Crippen molar-refractivity contribution in [2.45, 2.75) is 0 Å². The zero-order chi connectivity index (χ0) is 21.7. The van der Waals surface area contributed by atoms with E-state index in [1.807, 2.05) is 30.3 Å². The molecule has 0 aromatic heterocycles. The number of esters is 1. The predicted molar refractivity (Wildman–Crippen MR) is 117 cm³/mol. The Morgan fingerprint density at radius 2 is 1.63 bits per heavy atom. The van der Waals surface area contributed by atoms with Crippen LogP contribution < -0.4 is 19.5 Å². The molecule has 0 saturated heterocycles. The molecule has 0 aliphatic rings. The summed E-state index contributed by atoms with van der Waals surface area (Å²) in [4.78, 5) is 24.6. The summed E-state index contributed by atoms with van der Waals surface area (Å²) in [5.74, 6) is 0.159. The maximum atomic E-state index is 12.5. The Hall–Kier alpha value is -3.26. The van der Waals surface area contributed by atoms with Crippen molar-refractivity contribution in [2.24, 2.45) is 0 Å². The number of ether oxygens (including phenoxy) is 4. The molecule has 3 aromatic carbocycles. The topological polar surface area (TPSA) is 83.1 Å². The van der Waals surface area contributed by atoms with Gasteiger partial charge in [0.1, 0.15) is 5.75 Å². The van der Waals surface area contributed by atoms with Gasteiger partial charge in [-0.15, -0.1) is 0 Å². The van der Waals surface area contributed by atoms with Crippen molar-refractivity contribution < 1.29 is 28.5 Å². The fourth-order valence-electron chi connectivity index (χ4n) is 2.92. The number of hydrogen-bond donors (Lipinski definition) is 1. The van der Waals surface area contributed by atoms with E-state index < -0.39 is 11.9 Å². The number of methoxy groups -OCH3 is 3. The van der Waals surface area contributed by atoms with Gasteiger partial charge in [-0.25, -0.2) is 4.79 Å². The van der Waals surface area contributed by atoms with Crippen molar-refractivity contribution >= 4 is 44.3 Å². The second-order valence-corrected chi connectivity index (χ2v) is 6.97. The summed E-state index contributed by atoms with van der Waals surface area (Å²) in [7, 11) is 4.17. The van der Waals surface area contributed by atoms with Gasteiger partial charge in [0, 0.05) is 12.1 Å². The van der Waals surface area contributed by atoms with Gasteiger partial charge in [-0.2, -0.15) is 0 Å². The molecule has 1 N–H and O–H groups in total. The number of amides is 1. The molecule has 1 amide bonds. The number of carbonyl (C=O) groups is 2. The van der Waals surface area contributed by atoms with Crippen LogP contribution >= 0.6 is 15.9 Å².